The monoisotopic (exact) mass is 369 g/mol. The number of carbonyl (C=O) groups excluding carboxylic acids is 1. The minimum absolute atomic E-state index is 0.123. The van der Waals surface area contributed by atoms with Gasteiger partial charge < -0.3 is 14.2 Å². The van der Waals surface area contributed by atoms with Crippen molar-refractivity contribution < 1.29 is 18.6 Å². The second-order valence-electron chi connectivity index (χ2n) is 5.33. The number of para-hydroxylation sites is 1. The van der Waals surface area contributed by atoms with Gasteiger partial charge in [0.05, 0.1) is 22.8 Å². The Kier molecular flexibility index (Phi) is 3.98. The van der Waals surface area contributed by atoms with E-state index in [4.69, 9.17) is 8.83 Å². The number of furan rings is 2. The van der Waals surface area contributed by atoms with E-state index in [1.807, 2.05) is 24.3 Å². The zero-order valence-electron chi connectivity index (χ0n) is 13.2. The van der Waals surface area contributed by atoms with Gasteiger partial charge in [-0.3, -0.25) is 14.9 Å². The predicted molar refractivity (Wildman–Crippen MR) is 93.9 cm³/mol. The van der Waals surface area contributed by atoms with Gasteiger partial charge in [0, 0.05) is 0 Å². The van der Waals surface area contributed by atoms with Crippen LogP contribution in [0.5, 0.6) is 0 Å². The van der Waals surface area contributed by atoms with Gasteiger partial charge in [-0.25, -0.2) is 4.98 Å². The summed E-state index contributed by atoms with van der Waals surface area (Å²) < 4.78 is 11.6. The smallest absolute Gasteiger partial charge is 0.433 e. The summed E-state index contributed by atoms with van der Waals surface area (Å²) in [4.78, 5) is 26.4. The highest BCUT2D eigenvalue weighted by Gasteiger charge is 2.17. The first-order chi connectivity index (χ1) is 12.6. The Balaban J connectivity index is 1.44. The van der Waals surface area contributed by atoms with Crippen LogP contribution in [0.2, 0.25) is 0 Å². The number of benzene rings is 1. The molecule has 26 heavy (non-hydrogen) atoms. The van der Waals surface area contributed by atoms with Crippen molar-refractivity contribution in [3.05, 3.63) is 70.2 Å². The summed E-state index contributed by atoms with van der Waals surface area (Å²) in [6, 6.07) is 13.7. The summed E-state index contributed by atoms with van der Waals surface area (Å²) in [5.74, 6) is -0.0188. The van der Waals surface area contributed by atoms with E-state index in [2.05, 4.69) is 10.3 Å². The number of rotatable bonds is 5. The SMILES string of the molecule is O=C(NCc1ccc(-c2nc3ccccc3s2)o1)c1ccc([N+](=O)[O-])o1. The lowest BCUT2D eigenvalue weighted by atomic mass is 10.3. The first kappa shape index (κ1) is 16.0. The van der Waals surface area contributed by atoms with Crippen molar-refractivity contribution in [3.8, 4) is 10.8 Å². The molecule has 0 aliphatic carbocycles. The Morgan fingerprint density at radius 1 is 1.15 bits per heavy atom. The highest BCUT2D eigenvalue weighted by molar-refractivity contribution is 7.21. The predicted octanol–water partition coefficient (Wildman–Crippen LogP) is 3.99. The number of fused-ring (bicyclic) bond motifs is 1. The van der Waals surface area contributed by atoms with Gasteiger partial charge in [0.2, 0.25) is 0 Å². The summed E-state index contributed by atoms with van der Waals surface area (Å²) >= 11 is 1.52. The fraction of sp³-hybridized carbons (Fsp3) is 0.0588. The van der Waals surface area contributed by atoms with Crippen molar-refractivity contribution in [1.29, 1.82) is 0 Å². The van der Waals surface area contributed by atoms with E-state index >= 15 is 0 Å². The lowest BCUT2D eigenvalue weighted by Gasteiger charge is -1.99. The molecule has 0 radical (unpaired) electrons. The van der Waals surface area contributed by atoms with Crippen LogP contribution in [0.3, 0.4) is 0 Å². The molecule has 4 rings (SSSR count). The molecule has 0 saturated heterocycles. The van der Waals surface area contributed by atoms with Crippen LogP contribution in [0.4, 0.5) is 5.88 Å². The highest BCUT2D eigenvalue weighted by atomic mass is 32.1. The summed E-state index contributed by atoms with van der Waals surface area (Å²) in [5.41, 5.74) is 0.901. The maximum absolute atomic E-state index is 12.0. The van der Waals surface area contributed by atoms with Crippen molar-refractivity contribution in [3.63, 3.8) is 0 Å². The molecular formula is C17H11N3O5S. The van der Waals surface area contributed by atoms with Crippen molar-refractivity contribution in [1.82, 2.24) is 10.3 Å². The number of hydrogen-bond donors (Lipinski definition) is 1. The zero-order chi connectivity index (χ0) is 18.1. The largest absolute Gasteiger partial charge is 0.457 e. The average Bonchev–Trinajstić information content (AvgIpc) is 3.37. The van der Waals surface area contributed by atoms with E-state index in [1.54, 1.807) is 12.1 Å². The molecule has 3 aromatic heterocycles. The van der Waals surface area contributed by atoms with E-state index in [1.165, 1.54) is 17.4 Å². The third kappa shape index (κ3) is 3.07. The molecule has 4 aromatic rings. The third-order valence-electron chi connectivity index (χ3n) is 3.59. The highest BCUT2D eigenvalue weighted by Crippen LogP contribution is 2.31. The number of nitrogens with zero attached hydrogens (tertiary/aromatic N) is 2. The fourth-order valence-electron chi connectivity index (χ4n) is 2.37. The molecule has 0 atom stereocenters. The Bertz CT molecular complexity index is 1080. The summed E-state index contributed by atoms with van der Waals surface area (Å²) in [5, 5.41) is 13.9. The molecule has 0 spiro atoms. The van der Waals surface area contributed by atoms with E-state index in [0.29, 0.717) is 11.5 Å². The third-order valence-corrected chi connectivity index (χ3v) is 4.64. The van der Waals surface area contributed by atoms with E-state index < -0.39 is 16.7 Å². The van der Waals surface area contributed by atoms with Crippen LogP contribution >= 0.6 is 11.3 Å². The van der Waals surface area contributed by atoms with Crippen molar-refractivity contribution >= 4 is 33.3 Å². The topological polar surface area (TPSA) is 111 Å². The van der Waals surface area contributed by atoms with Gasteiger partial charge >= 0.3 is 5.88 Å². The molecule has 0 unspecified atom stereocenters. The number of nitrogens with one attached hydrogen (secondary N) is 1. The maximum atomic E-state index is 12.0. The molecule has 8 nitrogen and oxygen atoms in total. The number of amides is 1. The van der Waals surface area contributed by atoms with Crippen molar-refractivity contribution in [2.75, 3.05) is 0 Å². The van der Waals surface area contributed by atoms with Crippen LogP contribution in [-0.2, 0) is 6.54 Å². The zero-order valence-corrected chi connectivity index (χ0v) is 14.0. The van der Waals surface area contributed by atoms with Gasteiger partial charge in [0.25, 0.3) is 5.91 Å². The molecule has 130 valence electrons. The summed E-state index contributed by atoms with van der Waals surface area (Å²) in [6.07, 6.45) is 0. The molecule has 1 aromatic carbocycles. The normalized spacial score (nSPS) is 10.9. The molecular weight excluding hydrogens is 358 g/mol. The molecule has 1 N–H and O–H groups in total. The Morgan fingerprint density at radius 2 is 2.00 bits per heavy atom. The molecule has 0 aliphatic heterocycles. The fourth-order valence-corrected chi connectivity index (χ4v) is 3.30. The average molecular weight is 369 g/mol. The number of carbonyl (C=O) groups is 1. The number of nitro groups is 1. The number of thiazole rings is 1. The minimum Gasteiger partial charge on any atom is -0.457 e. The Morgan fingerprint density at radius 3 is 2.77 bits per heavy atom. The lowest BCUT2D eigenvalue weighted by Crippen LogP contribution is -2.21. The van der Waals surface area contributed by atoms with Gasteiger partial charge in [-0.1, -0.05) is 12.1 Å². The molecule has 0 bridgehead atoms. The standard InChI is InChI=1S/C17H11N3O5S/c21-16(12-7-8-15(25-12)20(22)23)18-9-10-5-6-13(24-10)17-19-11-3-1-2-4-14(11)26-17/h1-8H,9H2,(H,18,21). The van der Waals surface area contributed by atoms with Crippen LogP contribution in [0.15, 0.2) is 57.4 Å². The summed E-state index contributed by atoms with van der Waals surface area (Å²) in [7, 11) is 0. The van der Waals surface area contributed by atoms with Gasteiger partial charge in [-0.2, -0.15) is 0 Å². The minimum atomic E-state index is -0.701. The summed E-state index contributed by atoms with van der Waals surface area (Å²) in [6.45, 7) is 0.123. The maximum Gasteiger partial charge on any atom is 0.433 e. The van der Waals surface area contributed by atoms with Crippen LogP contribution in [0, 0.1) is 10.1 Å². The first-order valence-electron chi connectivity index (χ1n) is 7.57. The lowest BCUT2D eigenvalue weighted by molar-refractivity contribution is -0.402. The van der Waals surface area contributed by atoms with Crippen LogP contribution in [0.25, 0.3) is 21.0 Å². The Hall–Kier alpha value is -3.46. The van der Waals surface area contributed by atoms with Crippen molar-refractivity contribution in [2.24, 2.45) is 0 Å². The molecule has 1 amide bonds. The van der Waals surface area contributed by atoms with Crippen LogP contribution in [0.1, 0.15) is 16.3 Å². The molecule has 0 aliphatic rings. The quantitative estimate of drug-likeness (QED) is 0.420. The van der Waals surface area contributed by atoms with Crippen LogP contribution < -0.4 is 5.32 Å². The Labute approximate surface area is 150 Å². The van der Waals surface area contributed by atoms with Gasteiger partial charge in [-0.05, 0) is 30.3 Å². The van der Waals surface area contributed by atoms with E-state index in [-0.39, 0.29) is 12.3 Å². The van der Waals surface area contributed by atoms with E-state index in [0.717, 1.165) is 21.3 Å². The molecule has 0 fully saturated rings. The first-order valence-corrected chi connectivity index (χ1v) is 8.39. The second kappa shape index (κ2) is 6.45. The molecule has 0 saturated carbocycles. The van der Waals surface area contributed by atoms with Crippen LogP contribution in [-0.4, -0.2) is 15.8 Å². The van der Waals surface area contributed by atoms with Gasteiger partial charge in [0.15, 0.2) is 16.5 Å². The van der Waals surface area contributed by atoms with Crippen molar-refractivity contribution in [2.45, 2.75) is 6.54 Å². The van der Waals surface area contributed by atoms with E-state index in [9.17, 15) is 14.9 Å². The van der Waals surface area contributed by atoms with Gasteiger partial charge in [0.1, 0.15) is 10.7 Å². The molecule has 9 heteroatoms. The molecule has 3 heterocycles. The van der Waals surface area contributed by atoms with Gasteiger partial charge in [-0.15, -0.1) is 11.3 Å². The number of aromatic nitrogens is 1. The number of hydrogen-bond acceptors (Lipinski definition) is 7. The second-order valence-corrected chi connectivity index (χ2v) is 6.36.